The molecule has 108 valence electrons. The first-order valence-corrected chi connectivity index (χ1v) is 6.03. The van der Waals surface area contributed by atoms with Crippen molar-refractivity contribution >= 4 is 23.2 Å². The van der Waals surface area contributed by atoms with E-state index in [2.05, 4.69) is 15.6 Å². The normalized spacial score (nSPS) is 10.0. The summed E-state index contributed by atoms with van der Waals surface area (Å²) in [6, 6.07) is 7.92. The number of rotatable bonds is 3. The van der Waals surface area contributed by atoms with Crippen molar-refractivity contribution in [1.29, 1.82) is 0 Å². The lowest BCUT2D eigenvalue weighted by Crippen LogP contribution is -2.18. The standard InChI is InChI=1S/C14H12FN3O3/c1-8(19)16-12-7-9(5-6-10(12)15)17-14(21)11-3-2-4-13(20)18-11/h2-7H,1H3,(H,16,19)(H,17,21)(H,18,20). The second-order valence-corrected chi connectivity index (χ2v) is 4.26. The summed E-state index contributed by atoms with van der Waals surface area (Å²) in [7, 11) is 0. The molecule has 21 heavy (non-hydrogen) atoms. The average Bonchev–Trinajstić information content (AvgIpc) is 2.42. The van der Waals surface area contributed by atoms with Crippen molar-refractivity contribution in [2.75, 3.05) is 10.6 Å². The van der Waals surface area contributed by atoms with Gasteiger partial charge in [0.05, 0.1) is 5.69 Å². The Labute approximate surface area is 119 Å². The number of hydrogen-bond donors (Lipinski definition) is 3. The minimum atomic E-state index is -0.615. The Hall–Kier alpha value is -2.96. The number of halogens is 1. The van der Waals surface area contributed by atoms with Crippen LogP contribution in [-0.4, -0.2) is 16.8 Å². The fourth-order valence-corrected chi connectivity index (χ4v) is 1.67. The monoisotopic (exact) mass is 289 g/mol. The zero-order chi connectivity index (χ0) is 15.4. The zero-order valence-electron chi connectivity index (χ0n) is 11.1. The number of benzene rings is 1. The molecule has 0 spiro atoms. The summed E-state index contributed by atoms with van der Waals surface area (Å²) < 4.78 is 13.5. The van der Waals surface area contributed by atoms with Gasteiger partial charge in [-0.15, -0.1) is 0 Å². The van der Waals surface area contributed by atoms with Gasteiger partial charge in [-0.3, -0.25) is 14.4 Å². The minimum Gasteiger partial charge on any atom is -0.324 e. The highest BCUT2D eigenvalue weighted by Crippen LogP contribution is 2.20. The number of H-pyrrole nitrogens is 1. The van der Waals surface area contributed by atoms with E-state index in [1.165, 1.54) is 37.3 Å². The summed E-state index contributed by atoms with van der Waals surface area (Å²) in [4.78, 5) is 36.4. The molecule has 1 heterocycles. The SMILES string of the molecule is CC(=O)Nc1cc(NC(=O)c2cccc(=O)[nH]2)ccc1F. The Morgan fingerprint density at radius 2 is 1.90 bits per heavy atom. The molecule has 0 fully saturated rings. The van der Waals surface area contributed by atoms with Crippen molar-refractivity contribution in [1.82, 2.24) is 4.98 Å². The predicted octanol–water partition coefficient (Wildman–Crippen LogP) is 1.72. The van der Waals surface area contributed by atoms with E-state index < -0.39 is 23.2 Å². The number of carbonyl (C=O) groups excluding carboxylic acids is 2. The van der Waals surface area contributed by atoms with Crippen LogP contribution < -0.4 is 16.2 Å². The minimum absolute atomic E-state index is 0.0399. The second kappa shape index (κ2) is 6.00. The number of carbonyl (C=O) groups is 2. The van der Waals surface area contributed by atoms with Crippen molar-refractivity contribution in [3.63, 3.8) is 0 Å². The zero-order valence-corrected chi connectivity index (χ0v) is 11.1. The lowest BCUT2D eigenvalue weighted by atomic mass is 10.2. The average molecular weight is 289 g/mol. The molecule has 2 amide bonds. The number of nitrogens with one attached hydrogen (secondary N) is 3. The fraction of sp³-hybridized carbons (Fsp3) is 0.0714. The van der Waals surface area contributed by atoms with Crippen LogP contribution >= 0.6 is 0 Å². The van der Waals surface area contributed by atoms with E-state index >= 15 is 0 Å². The molecule has 0 aliphatic heterocycles. The third kappa shape index (κ3) is 3.75. The van der Waals surface area contributed by atoms with Crippen LogP contribution in [-0.2, 0) is 4.79 Å². The van der Waals surface area contributed by atoms with E-state index in [9.17, 15) is 18.8 Å². The van der Waals surface area contributed by atoms with Crippen molar-refractivity contribution in [2.24, 2.45) is 0 Å². The van der Waals surface area contributed by atoms with Crippen LogP contribution in [0.5, 0.6) is 0 Å². The highest BCUT2D eigenvalue weighted by Gasteiger charge is 2.09. The molecule has 0 unspecified atom stereocenters. The van der Waals surface area contributed by atoms with E-state index in [0.717, 1.165) is 6.07 Å². The molecule has 0 saturated carbocycles. The molecule has 0 aliphatic carbocycles. The molecule has 0 radical (unpaired) electrons. The van der Waals surface area contributed by atoms with Gasteiger partial charge in [0.25, 0.3) is 5.91 Å². The number of amides is 2. The maximum Gasteiger partial charge on any atom is 0.272 e. The van der Waals surface area contributed by atoms with Crippen molar-refractivity contribution in [3.8, 4) is 0 Å². The van der Waals surface area contributed by atoms with Crippen molar-refractivity contribution in [2.45, 2.75) is 6.92 Å². The van der Waals surface area contributed by atoms with Crippen molar-refractivity contribution < 1.29 is 14.0 Å². The molecule has 0 atom stereocenters. The van der Waals surface area contributed by atoms with Crippen LogP contribution in [0.1, 0.15) is 17.4 Å². The van der Waals surface area contributed by atoms with Crippen LogP contribution in [0.4, 0.5) is 15.8 Å². The molecule has 7 heteroatoms. The largest absolute Gasteiger partial charge is 0.324 e. The maximum absolute atomic E-state index is 13.5. The number of aromatic nitrogens is 1. The van der Waals surface area contributed by atoms with Gasteiger partial charge >= 0.3 is 0 Å². The number of aromatic amines is 1. The summed E-state index contributed by atoms with van der Waals surface area (Å²) in [5, 5.41) is 4.81. The van der Waals surface area contributed by atoms with Gasteiger partial charge in [-0.25, -0.2) is 4.39 Å². The van der Waals surface area contributed by atoms with Gasteiger partial charge in [0.15, 0.2) is 0 Å². The molecule has 1 aromatic carbocycles. The molecule has 6 nitrogen and oxygen atoms in total. The quantitative estimate of drug-likeness (QED) is 0.803. The second-order valence-electron chi connectivity index (χ2n) is 4.26. The first-order valence-electron chi connectivity index (χ1n) is 6.03. The van der Waals surface area contributed by atoms with E-state index in [-0.39, 0.29) is 17.1 Å². The lowest BCUT2D eigenvalue weighted by molar-refractivity contribution is -0.114. The third-order valence-corrected chi connectivity index (χ3v) is 2.55. The van der Waals surface area contributed by atoms with Gasteiger partial charge in [-0.05, 0) is 24.3 Å². The van der Waals surface area contributed by atoms with Crippen LogP contribution in [0.2, 0.25) is 0 Å². The molecule has 3 N–H and O–H groups in total. The smallest absolute Gasteiger partial charge is 0.272 e. The Bertz CT molecular complexity index is 755. The number of hydrogen-bond acceptors (Lipinski definition) is 3. The fourth-order valence-electron chi connectivity index (χ4n) is 1.67. The van der Waals surface area contributed by atoms with Crippen LogP contribution in [0.15, 0.2) is 41.2 Å². The predicted molar refractivity (Wildman–Crippen MR) is 75.7 cm³/mol. The van der Waals surface area contributed by atoms with Gasteiger partial charge in [0, 0.05) is 18.7 Å². The summed E-state index contributed by atoms with van der Waals surface area (Å²) in [6.45, 7) is 1.25. The van der Waals surface area contributed by atoms with Gasteiger partial charge in [0.1, 0.15) is 11.5 Å². The number of anilines is 2. The first-order chi connectivity index (χ1) is 9.95. The lowest BCUT2D eigenvalue weighted by Gasteiger charge is -2.08. The molecule has 0 bridgehead atoms. The van der Waals surface area contributed by atoms with E-state index in [0.29, 0.717) is 0 Å². The maximum atomic E-state index is 13.5. The van der Waals surface area contributed by atoms with Crippen LogP contribution in [0.3, 0.4) is 0 Å². The van der Waals surface area contributed by atoms with E-state index in [4.69, 9.17) is 0 Å². The summed E-state index contributed by atoms with van der Waals surface area (Å²) in [5.74, 6) is -1.59. The molecular formula is C14H12FN3O3. The highest BCUT2D eigenvalue weighted by atomic mass is 19.1. The molecule has 1 aromatic heterocycles. The van der Waals surface area contributed by atoms with Gasteiger partial charge in [-0.1, -0.05) is 6.07 Å². The summed E-state index contributed by atoms with van der Waals surface area (Å²) in [6.07, 6.45) is 0. The number of pyridine rings is 1. The molecular weight excluding hydrogens is 277 g/mol. The molecule has 0 saturated heterocycles. The topological polar surface area (TPSA) is 91.1 Å². The molecule has 2 rings (SSSR count). The molecule has 0 aliphatic rings. The Morgan fingerprint density at radius 1 is 1.14 bits per heavy atom. The van der Waals surface area contributed by atoms with Crippen molar-refractivity contribution in [3.05, 3.63) is 58.3 Å². The van der Waals surface area contributed by atoms with E-state index in [1.54, 1.807) is 0 Å². The van der Waals surface area contributed by atoms with Gasteiger partial charge in [-0.2, -0.15) is 0 Å². The van der Waals surface area contributed by atoms with Crippen LogP contribution in [0, 0.1) is 5.82 Å². The Kier molecular flexibility index (Phi) is 4.13. The first kappa shape index (κ1) is 14.4. The van der Waals surface area contributed by atoms with E-state index in [1.807, 2.05) is 0 Å². The summed E-state index contributed by atoms with van der Waals surface area (Å²) >= 11 is 0. The Balaban J connectivity index is 2.21. The third-order valence-electron chi connectivity index (χ3n) is 2.55. The molecule has 2 aromatic rings. The Morgan fingerprint density at radius 3 is 2.57 bits per heavy atom. The van der Waals surface area contributed by atoms with Gasteiger partial charge in [0.2, 0.25) is 11.5 Å². The van der Waals surface area contributed by atoms with Crippen LogP contribution in [0.25, 0.3) is 0 Å². The summed E-state index contributed by atoms with van der Waals surface area (Å²) in [5.41, 5.74) is -0.0784. The van der Waals surface area contributed by atoms with Gasteiger partial charge < -0.3 is 15.6 Å². The highest BCUT2D eigenvalue weighted by molar-refractivity contribution is 6.03.